The Bertz CT molecular complexity index is 859. The third kappa shape index (κ3) is 2.52. The quantitative estimate of drug-likeness (QED) is 0.900. The molecule has 0 bridgehead atoms. The molecule has 2 aliphatic rings. The first-order chi connectivity index (χ1) is 12.4. The zero-order valence-corrected chi connectivity index (χ0v) is 15.1. The van der Waals surface area contributed by atoms with Crippen molar-refractivity contribution in [3.63, 3.8) is 0 Å². The van der Waals surface area contributed by atoms with E-state index >= 15 is 0 Å². The van der Waals surface area contributed by atoms with Crippen LogP contribution >= 0.6 is 0 Å². The van der Waals surface area contributed by atoms with Crippen LogP contribution < -0.4 is 0 Å². The Morgan fingerprint density at radius 3 is 2.54 bits per heavy atom. The van der Waals surface area contributed by atoms with Crippen molar-refractivity contribution in [1.82, 2.24) is 14.7 Å². The van der Waals surface area contributed by atoms with Gasteiger partial charge in [0.25, 0.3) is 5.91 Å². The van der Waals surface area contributed by atoms with Crippen LogP contribution in [0.2, 0.25) is 0 Å². The summed E-state index contributed by atoms with van der Waals surface area (Å²) in [5, 5.41) is 13.9. The standard InChI is InChI=1S/C20H23N3O3/c1-13-11-17(21-22(13)2)18(24)23-9-7-20(8-10-23)12-15(19(25)26)14-5-3-4-6-16(14)20/h3-6,11,15H,7-10,12H2,1-2H3,(H,25,26). The van der Waals surface area contributed by atoms with Crippen molar-refractivity contribution in [3.8, 4) is 0 Å². The number of rotatable bonds is 2. The van der Waals surface area contributed by atoms with E-state index in [4.69, 9.17) is 0 Å². The van der Waals surface area contributed by atoms with Crippen LogP contribution in [0.25, 0.3) is 0 Å². The zero-order valence-electron chi connectivity index (χ0n) is 15.1. The van der Waals surface area contributed by atoms with Gasteiger partial charge in [0, 0.05) is 31.2 Å². The molecule has 1 aromatic carbocycles. The number of carboxylic acid groups (broad SMARTS) is 1. The number of hydrogen-bond acceptors (Lipinski definition) is 3. The first-order valence-electron chi connectivity index (χ1n) is 9.03. The Morgan fingerprint density at radius 1 is 1.23 bits per heavy atom. The molecule has 1 aromatic heterocycles. The van der Waals surface area contributed by atoms with Gasteiger partial charge in [-0.1, -0.05) is 24.3 Å². The number of carbonyl (C=O) groups excluding carboxylic acids is 1. The molecule has 1 saturated heterocycles. The van der Waals surface area contributed by atoms with Crippen molar-refractivity contribution in [1.29, 1.82) is 0 Å². The van der Waals surface area contributed by atoms with Gasteiger partial charge in [-0.15, -0.1) is 0 Å². The Hall–Kier alpha value is -2.63. The fraction of sp³-hybridized carbons (Fsp3) is 0.450. The molecule has 0 radical (unpaired) electrons. The number of amides is 1. The normalized spacial score (nSPS) is 21.0. The van der Waals surface area contributed by atoms with E-state index in [9.17, 15) is 14.7 Å². The molecule has 1 amide bonds. The lowest BCUT2D eigenvalue weighted by atomic mass is 9.73. The number of likely N-dealkylation sites (tertiary alicyclic amines) is 1. The van der Waals surface area contributed by atoms with Gasteiger partial charge in [-0.05, 0) is 43.4 Å². The van der Waals surface area contributed by atoms with Gasteiger partial charge >= 0.3 is 5.97 Å². The number of benzene rings is 1. The summed E-state index contributed by atoms with van der Waals surface area (Å²) in [4.78, 5) is 26.3. The van der Waals surface area contributed by atoms with Crippen molar-refractivity contribution >= 4 is 11.9 Å². The molecule has 1 atom stereocenters. The third-order valence-corrected chi connectivity index (χ3v) is 6.14. The average Bonchev–Trinajstić information content (AvgIpc) is 3.14. The summed E-state index contributed by atoms with van der Waals surface area (Å²) in [6.45, 7) is 3.20. The van der Waals surface area contributed by atoms with Gasteiger partial charge in [-0.2, -0.15) is 5.10 Å². The number of hydrogen-bond donors (Lipinski definition) is 1. The van der Waals surface area contributed by atoms with Crippen molar-refractivity contribution in [2.75, 3.05) is 13.1 Å². The number of aryl methyl sites for hydroxylation is 2. The summed E-state index contributed by atoms with van der Waals surface area (Å²) >= 11 is 0. The van der Waals surface area contributed by atoms with E-state index in [0.717, 1.165) is 29.7 Å². The summed E-state index contributed by atoms with van der Waals surface area (Å²) < 4.78 is 1.71. The van der Waals surface area contributed by atoms with Crippen LogP contribution in [0, 0.1) is 6.92 Å². The van der Waals surface area contributed by atoms with E-state index in [1.165, 1.54) is 0 Å². The van der Waals surface area contributed by atoms with Crippen LogP contribution in [0.15, 0.2) is 30.3 Å². The van der Waals surface area contributed by atoms with Gasteiger partial charge in [0.1, 0.15) is 0 Å². The summed E-state index contributed by atoms with van der Waals surface area (Å²) in [5.74, 6) is -1.23. The summed E-state index contributed by atoms with van der Waals surface area (Å²) in [6, 6.07) is 9.72. The number of nitrogens with zero attached hydrogens (tertiary/aromatic N) is 3. The lowest BCUT2D eigenvalue weighted by Gasteiger charge is -2.40. The lowest BCUT2D eigenvalue weighted by molar-refractivity contribution is -0.139. The fourth-order valence-corrected chi connectivity index (χ4v) is 4.55. The van der Waals surface area contributed by atoms with E-state index in [1.54, 1.807) is 4.68 Å². The lowest BCUT2D eigenvalue weighted by Crippen LogP contribution is -2.44. The predicted molar refractivity (Wildman–Crippen MR) is 96.2 cm³/mol. The molecule has 1 aliphatic carbocycles. The van der Waals surface area contributed by atoms with Crippen LogP contribution in [-0.2, 0) is 17.3 Å². The van der Waals surface area contributed by atoms with Crippen molar-refractivity contribution in [3.05, 3.63) is 52.8 Å². The number of aromatic nitrogens is 2. The molecule has 2 heterocycles. The minimum absolute atomic E-state index is 0.0374. The van der Waals surface area contributed by atoms with Crippen molar-refractivity contribution in [2.45, 2.75) is 37.5 Å². The minimum atomic E-state index is -0.753. The largest absolute Gasteiger partial charge is 0.481 e. The van der Waals surface area contributed by atoms with Crippen LogP contribution in [0.1, 0.15) is 52.5 Å². The van der Waals surface area contributed by atoms with Crippen molar-refractivity contribution < 1.29 is 14.7 Å². The number of piperidine rings is 1. The average molecular weight is 353 g/mol. The highest BCUT2D eigenvalue weighted by Gasteiger charge is 2.48. The maximum Gasteiger partial charge on any atom is 0.311 e. The summed E-state index contributed by atoms with van der Waals surface area (Å²) in [7, 11) is 1.83. The molecule has 136 valence electrons. The number of carbonyl (C=O) groups is 2. The number of carboxylic acids is 1. The molecule has 1 spiro atoms. The molecule has 6 nitrogen and oxygen atoms in total. The molecule has 0 saturated carbocycles. The van der Waals surface area contributed by atoms with Crippen molar-refractivity contribution in [2.24, 2.45) is 7.05 Å². The van der Waals surface area contributed by atoms with E-state index in [0.29, 0.717) is 25.2 Å². The van der Waals surface area contributed by atoms with Gasteiger partial charge in [0.15, 0.2) is 5.69 Å². The van der Waals surface area contributed by atoms with Gasteiger partial charge in [0.05, 0.1) is 5.92 Å². The second-order valence-corrected chi connectivity index (χ2v) is 7.55. The highest BCUT2D eigenvalue weighted by Crippen LogP contribution is 2.51. The minimum Gasteiger partial charge on any atom is -0.481 e. The molecule has 1 unspecified atom stereocenters. The molecular formula is C20H23N3O3. The Morgan fingerprint density at radius 2 is 1.92 bits per heavy atom. The van der Waals surface area contributed by atoms with E-state index in [2.05, 4.69) is 11.2 Å². The molecule has 4 rings (SSSR count). The maximum atomic E-state index is 12.7. The van der Waals surface area contributed by atoms with E-state index in [1.807, 2.05) is 43.1 Å². The fourth-order valence-electron chi connectivity index (χ4n) is 4.55. The third-order valence-electron chi connectivity index (χ3n) is 6.14. The highest BCUT2D eigenvalue weighted by molar-refractivity contribution is 5.92. The van der Waals surface area contributed by atoms with Gasteiger partial charge in [-0.3, -0.25) is 14.3 Å². The van der Waals surface area contributed by atoms with Crippen LogP contribution in [0.3, 0.4) is 0 Å². The monoisotopic (exact) mass is 353 g/mol. The predicted octanol–water partition coefficient (Wildman–Crippen LogP) is 2.47. The SMILES string of the molecule is Cc1cc(C(=O)N2CCC3(CC2)CC(C(=O)O)c2ccccc23)nn1C. The zero-order chi connectivity index (χ0) is 18.5. The van der Waals surface area contributed by atoms with Crippen LogP contribution in [0.4, 0.5) is 0 Å². The second kappa shape index (κ2) is 5.97. The second-order valence-electron chi connectivity index (χ2n) is 7.55. The summed E-state index contributed by atoms with van der Waals surface area (Å²) in [5.41, 5.74) is 3.41. The Balaban J connectivity index is 1.55. The summed E-state index contributed by atoms with van der Waals surface area (Å²) in [6.07, 6.45) is 2.23. The number of aliphatic carboxylic acids is 1. The molecule has 1 aliphatic heterocycles. The Kier molecular flexibility index (Phi) is 3.86. The first-order valence-corrected chi connectivity index (χ1v) is 9.03. The van der Waals surface area contributed by atoms with Crippen LogP contribution in [-0.4, -0.2) is 44.8 Å². The molecule has 1 fully saturated rings. The molecular weight excluding hydrogens is 330 g/mol. The van der Waals surface area contributed by atoms with Gasteiger partial charge in [-0.25, -0.2) is 0 Å². The molecule has 1 N–H and O–H groups in total. The van der Waals surface area contributed by atoms with Gasteiger partial charge < -0.3 is 10.0 Å². The Labute approximate surface area is 152 Å². The van der Waals surface area contributed by atoms with Gasteiger partial charge in [0.2, 0.25) is 0 Å². The smallest absolute Gasteiger partial charge is 0.311 e. The maximum absolute atomic E-state index is 12.7. The van der Waals surface area contributed by atoms with Crippen LogP contribution in [0.5, 0.6) is 0 Å². The highest BCUT2D eigenvalue weighted by atomic mass is 16.4. The first kappa shape index (κ1) is 16.8. The molecule has 2 aromatic rings. The number of fused-ring (bicyclic) bond motifs is 2. The topological polar surface area (TPSA) is 75.4 Å². The van der Waals surface area contributed by atoms with E-state index < -0.39 is 11.9 Å². The molecule has 26 heavy (non-hydrogen) atoms. The molecule has 6 heteroatoms. The van der Waals surface area contributed by atoms with E-state index in [-0.39, 0.29) is 11.3 Å².